The van der Waals surface area contributed by atoms with Crippen LogP contribution in [-0.4, -0.2) is 34.6 Å². The Kier molecular flexibility index (Phi) is 11.0. The molecule has 0 saturated heterocycles. The number of benzene rings is 3. The summed E-state index contributed by atoms with van der Waals surface area (Å²) in [5.74, 6) is 0.479. The van der Waals surface area contributed by atoms with Crippen LogP contribution in [0.1, 0.15) is 49.7 Å². The minimum Gasteiger partial charge on any atom is -0.352 e. The van der Waals surface area contributed by atoms with Crippen molar-refractivity contribution in [3.05, 3.63) is 100 Å². The Bertz CT molecular complexity index is 1190. The molecule has 0 radical (unpaired) electrons. The highest BCUT2D eigenvalue weighted by atomic mass is 35.5. The first-order chi connectivity index (χ1) is 18.5. The van der Waals surface area contributed by atoms with Gasteiger partial charge in [0.25, 0.3) is 0 Å². The van der Waals surface area contributed by atoms with Crippen LogP contribution in [0.5, 0.6) is 0 Å². The van der Waals surface area contributed by atoms with Gasteiger partial charge in [-0.1, -0.05) is 97.1 Å². The van der Waals surface area contributed by atoms with Gasteiger partial charge in [-0.25, -0.2) is 0 Å². The van der Waals surface area contributed by atoms with E-state index in [-0.39, 0.29) is 24.4 Å². The fourth-order valence-electron chi connectivity index (χ4n) is 4.85. The van der Waals surface area contributed by atoms with Crippen LogP contribution in [0.3, 0.4) is 0 Å². The van der Waals surface area contributed by atoms with Gasteiger partial charge in [-0.05, 0) is 48.2 Å². The van der Waals surface area contributed by atoms with E-state index in [1.54, 1.807) is 28.8 Å². The van der Waals surface area contributed by atoms with Crippen molar-refractivity contribution in [3.63, 3.8) is 0 Å². The van der Waals surface area contributed by atoms with Crippen LogP contribution in [0.25, 0.3) is 0 Å². The highest BCUT2D eigenvalue weighted by molar-refractivity contribution is 7.99. The van der Waals surface area contributed by atoms with Crippen LogP contribution in [0.15, 0.2) is 83.8 Å². The number of amides is 2. The number of halogens is 2. The standard InChI is InChI=1S/C31H34Cl2N2O2S/c32-27-17-16-24(20-28(27)33)22-35(30(36)18-19-38-26-14-8-3-9-15-26)29(21-23-10-4-1-5-11-23)31(37)34-25-12-6-2-7-13-25/h1,3-5,8-11,14-17,20,25,29H,2,6-7,12-13,18-19,21-22H2,(H,34,37)/t29-/m1/s1. The van der Waals surface area contributed by atoms with Gasteiger partial charge < -0.3 is 10.2 Å². The van der Waals surface area contributed by atoms with Gasteiger partial charge in [-0.15, -0.1) is 11.8 Å². The quantitative estimate of drug-likeness (QED) is 0.243. The SMILES string of the molecule is O=C(NC1CCCCC1)[C@@H](Cc1ccccc1)N(Cc1ccc(Cl)c(Cl)c1)C(=O)CCSc1ccccc1. The number of rotatable bonds is 11. The topological polar surface area (TPSA) is 49.4 Å². The van der Waals surface area contributed by atoms with Crippen molar-refractivity contribution in [2.45, 2.75) is 68.5 Å². The van der Waals surface area contributed by atoms with Crippen molar-refractivity contribution in [1.29, 1.82) is 0 Å². The van der Waals surface area contributed by atoms with Gasteiger partial charge in [0.05, 0.1) is 10.0 Å². The molecular formula is C31H34Cl2N2O2S. The van der Waals surface area contributed by atoms with E-state index in [2.05, 4.69) is 5.32 Å². The number of nitrogens with one attached hydrogen (secondary N) is 1. The smallest absolute Gasteiger partial charge is 0.243 e. The summed E-state index contributed by atoms with van der Waals surface area (Å²) in [6, 6.07) is 24.9. The van der Waals surface area contributed by atoms with E-state index in [1.807, 2.05) is 66.7 Å². The number of hydrogen-bond donors (Lipinski definition) is 1. The molecule has 1 saturated carbocycles. The van der Waals surface area contributed by atoms with Gasteiger partial charge >= 0.3 is 0 Å². The van der Waals surface area contributed by atoms with Crippen LogP contribution in [-0.2, 0) is 22.6 Å². The van der Waals surface area contributed by atoms with E-state index < -0.39 is 6.04 Å². The van der Waals surface area contributed by atoms with Crippen molar-refractivity contribution in [3.8, 4) is 0 Å². The Morgan fingerprint density at radius 3 is 2.24 bits per heavy atom. The van der Waals surface area contributed by atoms with Gasteiger partial charge in [0.15, 0.2) is 0 Å². The molecule has 0 spiro atoms. The zero-order valence-electron chi connectivity index (χ0n) is 21.5. The minimum atomic E-state index is -0.636. The van der Waals surface area contributed by atoms with Gasteiger partial charge in [-0.2, -0.15) is 0 Å². The Hall–Kier alpha value is -2.47. The molecule has 7 heteroatoms. The Morgan fingerprint density at radius 1 is 0.868 bits per heavy atom. The third-order valence-corrected chi connectivity index (χ3v) is 8.64. The van der Waals surface area contributed by atoms with Gasteiger partial charge in [0, 0.05) is 36.1 Å². The lowest BCUT2D eigenvalue weighted by atomic mass is 9.94. The van der Waals surface area contributed by atoms with E-state index in [1.165, 1.54) is 6.42 Å². The van der Waals surface area contributed by atoms with Crippen LogP contribution in [0.2, 0.25) is 10.0 Å². The summed E-state index contributed by atoms with van der Waals surface area (Å²) in [6.07, 6.45) is 6.19. The van der Waals surface area contributed by atoms with Crippen LogP contribution >= 0.6 is 35.0 Å². The second-order valence-electron chi connectivity index (χ2n) is 9.73. The summed E-state index contributed by atoms with van der Waals surface area (Å²) in [5.41, 5.74) is 1.86. The van der Waals surface area contributed by atoms with E-state index in [0.29, 0.717) is 28.6 Å². The Morgan fingerprint density at radius 2 is 1.55 bits per heavy atom. The third kappa shape index (κ3) is 8.52. The first kappa shape index (κ1) is 28.5. The van der Waals surface area contributed by atoms with E-state index in [9.17, 15) is 9.59 Å². The van der Waals surface area contributed by atoms with Gasteiger partial charge in [0.2, 0.25) is 11.8 Å². The second kappa shape index (κ2) is 14.6. The summed E-state index contributed by atoms with van der Waals surface area (Å²) < 4.78 is 0. The predicted molar refractivity (Wildman–Crippen MR) is 158 cm³/mol. The Balaban J connectivity index is 1.58. The maximum absolute atomic E-state index is 13.8. The molecule has 200 valence electrons. The van der Waals surface area contributed by atoms with Crippen LogP contribution in [0.4, 0.5) is 0 Å². The third-order valence-electron chi connectivity index (χ3n) is 6.89. The summed E-state index contributed by atoms with van der Waals surface area (Å²) in [7, 11) is 0. The van der Waals surface area contributed by atoms with Gasteiger partial charge in [-0.3, -0.25) is 9.59 Å². The molecule has 0 aromatic heterocycles. The summed E-state index contributed by atoms with van der Waals surface area (Å²) in [5, 5.41) is 4.17. The van der Waals surface area contributed by atoms with E-state index in [4.69, 9.17) is 23.2 Å². The molecule has 1 N–H and O–H groups in total. The summed E-state index contributed by atoms with van der Waals surface area (Å²) in [6.45, 7) is 0.279. The van der Waals surface area contributed by atoms with Crippen LogP contribution in [0, 0.1) is 0 Å². The molecule has 1 aliphatic carbocycles. The lowest BCUT2D eigenvalue weighted by Gasteiger charge is -2.33. The second-order valence-corrected chi connectivity index (χ2v) is 11.7. The molecule has 0 aliphatic heterocycles. The largest absolute Gasteiger partial charge is 0.352 e. The molecule has 1 aliphatic rings. The number of carbonyl (C=O) groups is 2. The zero-order chi connectivity index (χ0) is 26.7. The number of carbonyl (C=O) groups excluding carboxylic acids is 2. The molecule has 4 rings (SSSR count). The highest BCUT2D eigenvalue weighted by Gasteiger charge is 2.31. The first-order valence-electron chi connectivity index (χ1n) is 13.2. The van der Waals surface area contributed by atoms with Crippen molar-refractivity contribution >= 4 is 46.8 Å². The molecule has 3 aromatic carbocycles. The van der Waals surface area contributed by atoms with E-state index in [0.717, 1.165) is 41.7 Å². The molecule has 1 fully saturated rings. The number of nitrogens with zero attached hydrogens (tertiary/aromatic N) is 1. The fourth-order valence-corrected chi connectivity index (χ4v) is 6.03. The lowest BCUT2D eigenvalue weighted by molar-refractivity contribution is -0.141. The molecule has 2 amide bonds. The monoisotopic (exact) mass is 568 g/mol. The fraction of sp³-hybridized carbons (Fsp3) is 0.355. The van der Waals surface area contributed by atoms with E-state index >= 15 is 0 Å². The number of hydrogen-bond acceptors (Lipinski definition) is 3. The molecule has 1 atom stereocenters. The Labute approximate surface area is 240 Å². The zero-order valence-corrected chi connectivity index (χ0v) is 23.8. The molecule has 0 heterocycles. The van der Waals surface area contributed by atoms with Crippen molar-refractivity contribution in [2.75, 3.05) is 5.75 Å². The summed E-state index contributed by atoms with van der Waals surface area (Å²) in [4.78, 5) is 30.5. The van der Waals surface area contributed by atoms with Crippen molar-refractivity contribution in [2.24, 2.45) is 0 Å². The minimum absolute atomic E-state index is 0.0563. The molecule has 4 nitrogen and oxygen atoms in total. The maximum atomic E-state index is 13.8. The molecule has 38 heavy (non-hydrogen) atoms. The van der Waals surface area contributed by atoms with Gasteiger partial charge in [0.1, 0.15) is 6.04 Å². The first-order valence-corrected chi connectivity index (χ1v) is 15.0. The molecule has 3 aromatic rings. The predicted octanol–water partition coefficient (Wildman–Crippen LogP) is 7.56. The molecule has 0 unspecified atom stereocenters. The maximum Gasteiger partial charge on any atom is 0.243 e. The lowest BCUT2D eigenvalue weighted by Crippen LogP contribution is -2.52. The van der Waals surface area contributed by atoms with Crippen molar-refractivity contribution in [1.82, 2.24) is 10.2 Å². The number of thioether (sulfide) groups is 1. The molecular weight excluding hydrogens is 535 g/mol. The van der Waals surface area contributed by atoms with Crippen molar-refractivity contribution < 1.29 is 9.59 Å². The molecule has 0 bridgehead atoms. The average Bonchev–Trinajstić information content (AvgIpc) is 2.94. The normalized spacial score (nSPS) is 14.6. The highest BCUT2D eigenvalue weighted by Crippen LogP contribution is 2.26. The summed E-state index contributed by atoms with van der Waals surface area (Å²) >= 11 is 14.1. The van der Waals surface area contributed by atoms with Crippen LogP contribution < -0.4 is 5.32 Å². The average molecular weight is 570 g/mol.